The number of nitrogens with one attached hydrogen (secondary N) is 1. The number of aliphatic hydroxyl groups excluding tert-OH is 3. The van der Waals surface area contributed by atoms with Crippen molar-refractivity contribution >= 4 is 17.2 Å². The van der Waals surface area contributed by atoms with Crippen LogP contribution in [-0.4, -0.2) is 58.3 Å². The fourth-order valence-corrected chi connectivity index (χ4v) is 3.73. The fraction of sp³-hybridized carbons (Fsp3) is 0.389. The van der Waals surface area contributed by atoms with Crippen LogP contribution >= 0.6 is 11.3 Å². The van der Waals surface area contributed by atoms with Crippen LogP contribution in [-0.2, 0) is 4.74 Å². The lowest BCUT2D eigenvalue weighted by molar-refractivity contribution is -0.214. The fourth-order valence-electron chi connectivity index (χ4n) is 2.80. The van der Waals surface area contributed by atoms with Gasteiger partial charge in [-0.25, -0.2) is 0 Å². The van der Waals surface area contributed by atoms with Crippen molar-refractivity contribution in [1.29, 1.82) is 0 Å². The van der Waals surface area contributed by atoms with Gasteiger partial charge in [0.1, 0.15) is 24.4 Å². The van der Waals surface area contributed by atoms with E-state index in [4.69, 9.17) is 4.74 Å². The molecule has 2 aromatic rings. The van der Waals surface area contributed by atoms with Gasteiger partial charge in [0.15, 0.2) is 0 Å². The molecule has 1 amide bonds. The summed E-state index contributed by atoms with van der Waals surface area (Å²) in [5, 5.41) is 32.2. The molecule has 1 aliphatic heterocycles. The summed E-state index contributed by atoms with van der Waals surface area (Å²) in [7, 11) is 0. The molecule has 0 aliphatic carbocycles. The van der Waals surface area contributed by atoms with Crippen molar-refractivity contribution in [2.24, 2.45) is 0 Å². The molecule has 7 heteroatoms. The molecule has 5 atom stereocenters. The van der Waals surface area contributed by atoms with Crippen molar-refractivity contribution < 1.29 is 24.9 Å². The molecule has 1 fully saturated rings. The maximum Gasteiger partial charge on any atom is 0.261 e. The van der Waals surface area contributed by atoms with Crippen LogP contribution in [0.25, 0.3) is 10.4 Å². The summed E-state index contributed by atoms with van der Waals surface area (Å²) < 4.78 is 5.47. The Balaban J connectivity index is 1.61. The van der Waals surface area contributed by atoms with E-state index < -0.39 is 30.5 Å². The average Bonchev–Trinajstić information content (AvgIpc) is 3.12. The van der Waals surface area contributed by atoms with Crippen molar-refractivity contribution in [2.45, 2.75) is 37.4 Å². The molecule has 0 spiro atoms. The monoisotopic (exact) mass is 363 g/mol. The molecule has 4 N–H and O–H groups in total. The number of benzene rings is 1. The Morgan fingerprint density at radius 1 is 1.08 bits per heavy atom. The van der Waals surface area contributed by atoms with E-state index in [1.807, 2.05) is 36.4 Å². The number of hydrogen-bond donors (Lipinski definition) is 4. The highest BCUT2D eigenvalue weighted by atomic mass is 32.1. The minimum absolute atomic E-state index is 0.0483. The van der Waals surface area contributed by atoms with E-state index in [2.05, 4.69) is 5.32 Å². The van der Waals surface area contributed by atoms with Gasteiger partial charge in [-0.3, -0.25) is 4.79 Å². The van der Waals surface area contributed by atoms with E-state index in [1.165, 1.54) is 11.3 Å². The van der Waals surface area contributed by atoms with E-state index in [-0.39, 0.29) is 12.5 Å². The van der Waals surface area contributed by atoms with E-state index in [0.29, 0.717) is 4.88 Å². The van der Waals surface area contributed by atoms with Crippen LogP contribution in [0.1, 0.15) is 16.6 Å². The van der Waals surface area contributed by atoms with Gasteiger partial charge < -0.3 is 25.4 Å². The number of thiophene rings is 1. The van der Waals surface area contributed by atoms with Crippen LogP contribution in [0.15, 0.2) is 42.5 Å². The second-order valence-corrected chi connectivity index (χ2v) is 7.18. The van der Waals surface area contributed by atoms with Crippen LogP contribution in [0.5, 0.6) is 0 Å². The van der Waals surface area contributed by atoms with Gasteiger partial charge in [-0.1, -0.05) is 30.3 Å². The predicted octanol–water partition coefficient (Wildman–Crippen LogP) is 1.01. The number of amides is 1. The van der Waals surface area contributed by atoms with E-state index in [1.54, 1.807) is 13.0 Å². The van der Waals surface area contributed by atoms with Gasteiger partial charge in [0.2, 0.25) is 0 Å². The van der Waals surface area contributed by atoms with Crippen LogP contribution < -0.4 is 5.32 Å². The molecular weight excluding hydrogens is 342 g/mol. The Kier molecular flexibility index (Phi) is 5.51. The molecule has 1 aromatic carbocycles. The molecule has 1 aliphatic rings. The Morgan fingerprint density at radius 2 is 1.80 bits per heavy atom. The Labute approximate surface area is 149 Å². The molecule has 1 aromatic heterocycles. The van der Waals surface area contributed by atoms with Crippen LogP contribution in [0, 0.1) is 0 Å². The number of ether oxygens (including phenoxy) is 1. The molecular formula is C18H21NO5S. The van der Waals surface area contributed by atoms with E-state index in [0.717, 1.165) is 10.4 Å². The summed E-state index contributed by atoms with van der Waals surface area (Å²) in [6.45, 7) is 1.66. The molecule has 0 saturated carbocycles. The topological polar surface area (TPSA) is 99.0 Å². The number of rotatable bonds is 4. The zero-order chi connectivity index (χ0) is 18.0. The highest BCUT2D eigenvalue weighted by molar-refractivity contribution is 7.17. The minimum Gasteiger partial charge on any atom is -0.388 e. The SMILES string of the molecule is C[C@@H]1O[C@H](CNC(=O)c2ccc(-c3ccccc3)s2)[C@@H](O)[C@H](O)[C@@H]1O. The highest BCUT2D eigenvalue weighted by Crippen LogP contribution is 2.28. The quantitative estimate of drug-likeness (QED) is 0.650. The maximum absolute atomic E-state index is 12.3. The van der Waals surface area contributed by atoms with Crippen LogP contribution in [0.3, 0.4) is 0 Å². The average molecular weight is 363 g/mol. The third-order valence-electron chi connectivity index (χ3n) is 4.30. The van der Waals surface area contributed by atoms with Gasteiger partial charge in [-0.2, -0.15) is 0 Å². The lowest BCUT2D eigenvalue weighted by atomic mass is 9.95. The summed E-state index contributed by atoms with van der Waals surface area (Å²) in [5.74, 6) is -0.267. The molecule has 6 nitrogen and oxygen atoms in total. The van der Waals surface area contributed by atoms with Gasteiger partial charge in [-0.15, -0.1) is 11.3 Å². The molecule has 25 heavy (non-hydrogen) atoms. The lowest BCUT2D eigenvalue weighted by Crippen LogP contribution is -2.59. The third kappa shape index (κ3) is 3.91. The summed E-state index contributed by atoms with van der Waals surface area (Å²) >= 11 is 1.38. The van der Waals surface area contributed by atoms with Crippen LogP contribution in [0.4, 0.5) is 0 Å². The van der Waals surface area contributed by atoms with Crippen molar-refractivity contribution in [1.82, 2.24) is 5.32 Å². The van der Waals surface area contributed by atoms with Gasteiger partial charge in [-0.05, 0) is 24.6 Å². The molecule has 1 saturated heterocycles. The Hall–Kier alpha value is -1.77. The van der Waals surface area contributed by atoms with E-state index >= 15 is 0 Å². The normalized spacial score (nSPS) is 29.4. The standard InChI is InChI=1S/C18H21NO5S/c1-10-15(20)17(22)16(21)12(24-10)9-19-18(23)14-8-7-13(25-14)11-5-3-2-4-6-11/h2-8,10,12,15-17,20-22H,9H2,1H3,(H,19,23)/t10-,12+,15+,16+,17+/m0/s1. The molecule has 0 bridgehead atoms. The zero-order valence-electron chi connectivity index (χ0n) is 13.7. The van der Waals surface area contributed by atoms with Crippen molar-refractivity contribution in [3.63, 3.8) is 0 Å². The second-order valence-electron chi connectivity index (χ2n) is 6.09. The number of carbonyl (C=O) groups excluding carboxylic acids is 1. The van der Waals surface area contributed by atoms with Crippen molar-refractivity contribution in [3.05, 3.63) is 47.3 Å². The first kappa shape index (κ1) is 18.0. The molecule has 134 valence electrons. The van der Waals surface area contributed by atoms with Gasteiger partial charge in [0, 0.05) is 11.4 Å². The lowest BCUT2D eigenvalue weighted by Gasteiger charge is -2.39. The summed E-state index contributed by atoms with van der Waals surface area (Å²) in [5.41, 5.74) is 1.04. The smallest absolute Gasteiger partial charge is 0.261 e. The first-order valence-electron chi connectivity index (χ1n) is 8.10. The molecule has 2 heterocycles. The maximum atomic E-state index is 12.3. The first-order valence-corrected chi connectivity index (χ1v) is 8.92. The van der Waals surface area contributed by atoms with Crippen LogP contribution in [0.2, 0.25) is 0 Å². The molecule has 0 radical (unpaired) electrons. The van der Waals surface area contributed by atoms with Crippen molar-refractivity contribution in [3.8, 4) is 10.4 Å². The summed E-state index contributed by atoms with van der Waals surface area (Å²) in [4.78, 5) is 13.9. The molecule has 3 rings (SSSR count). The van der Waals surface area contributed by atoms with Gasteiger partial charge >= 0.3 is 0 Å². The van der Waals surface area contributed by atoms with Crippen molar-refractivity contribution in [2.75, 3.05) is 6.54 Å². The summed E-state index contributed by atoms with van der Waals surface area (Å²) in [6, 6.07) is 13.4. The highest BCUT2D eigenvalue weighted by Gasteiger charge is 2.41. The van der Waals surface area contributed by atoms with Gasteiger partial charge in [0.25, 0.3) is 5.91 Å². The number of aliphatic hydroxyl groups is 3. The summed E-state index contributed by atoms with van der Waals surface area (Å²) in [6.07, 6.45) is -5.09. The molecule has 0 unspecified atom stereocenters. The number of hydrogen-bond acceptors (Lipinski definition) is 6. The second kappa shape index (κ2) is 7.63. The van der Waals surface area contributed by atoms with Gasteiger partial charge in [0.05, 0.1) is 11.0 Å². The predicted molar refractivity (Wildman–Crippen MR) is 94.4 cm³/mol. The Morgan fingerprint density at radius 3 is 2.52 bits per heavy atom. The number of carbonyl (C=O) groups is 1. The first-order chi connectivity index (χ1) is 12.0. The Bertz CT molecular complexity index is 719. The van der Waals surface area contributed by atoms with E-state index in [9.17, 15) is 20.1 Å². The minimum atomic E-state index is -1.29. The third-order valence-corrected chi connectivity index (χ3v) is 5.44. The zero-order valence-corrected chi connectivity index (χ0v) is 14.5. The largest absolute Gasteiger partial charge is 0.388 e.